The molecule has 0 saturated heterocycles. The highest BCUT2D eigenvalue weighted by Gasteiger charge is 2.04. The molecule has 2 heteroatoms. The quantitative estimate of drug-likeness (QED) is 0.803. The molecule has 0 bridgehead atoms. The van der Waals surface area contributed by atoms with E-state index in [-0.39, 0.29) is 11.2 Å². The zero-order chi connectivity index (χ0) is 11.5. The molecule has 1 N–H and O–H groups in total. The molecule has 1 rings (SSSR count). The van der Waals surface area contributed by atoms with Crippen molar-refractivity contribution < 1.29 is 9.84 Å². The molecule has 0 aliphatic rings. The summed E-state index contributed by atoms with van der Waals surface area (Å²) in [5.41, 5.74) is 1.19. The van der Waals surface area contributed by atoms with Gasteiger partial charge >= 0.3 is 0 Å². The van der Waals surface area contributed by atoms with Crippen LogP contribution in [-0.4, -0.2) is 12.2 Å². The largest absolute Gasteiger partial charge is 0.504 e. The highest BCUT2D eigenvalue weighted by atomic mass is 16.5. The summed E-state index contributed by atoms with van der Waals surface area (Å²) in [5.74, 6) is 0.677. The van der Waals surface area contributed by atoms with Gasteiger partial charge in [-0.2, -0.15) is 0 Å². The number of hydrogen-bond acceptors (Lipinski definition) is 2. The average molecular weight is 206 g/mol. The molecule has 0 radical (unpaired) electrons. The molecule has 0 heterocycles. The van der Waals surface area contributed by atoms with E-state index in [0.29, 0.717) is 5.75 Å². The molecule has 0 amide bonds. The van der Waals surface area contributed by atoms with Crippen molar-refractivity contribution in [1.29, 1.82) is 0 Å². The second-order valence-corrected chi connectivity index (χ2v) is 4.63. The van der Waals surface area contributed by atoms with Gasteiger partial charge < -0.3 is 9.84 Å². The van der Waals surface area contributed by atoms with Gasteiger partial charge in [-0.1, -0.05) is 39.0 Å². The standard InChI is InChI=1S/C13H18O2/c1-13(2,3)8-7-10-5-6-11(14)12(9-10)15-4/h5-9,14H,1-4H3/b8-7+. The van der Waals surface area contributed by atoms with Crippen LogP contribution >= 0.6 is 0 Å². The topological polar surface area (TPSA) is 29.5 Å². The van der Waals surface area contributed by atoms with Crippen molar-refractivity contribution in [2.45, 2.75) is 20.8 Å². The second-order valence-electron chi connectivity index (χ2n) is 4.63. The van der Waals surface area contributed by atoms with Gasteiger partial charge in [0.15, 0.2) is 11.5 Å². The van der Waals surface area contributed by atoms with Crippen molar-refractivity contribution in [3.05, 3.63) is 29.8 Å². The van der Waals surface area contributed by atoms with E-state index < -0.39 is 0 Å². The Balaban J connectivity index is 2.93. The molecule has 2 nitrogen and oxygen atoms in total. The van der Waals surface area contributed by atoms with E-state index in [1.54, 1.807) is 13.2 Å². The van der Waals surface area contributed by atoms with Crippen LogP contribution in [0, 0.1) is 5.41 Å². The van der Waals surface area contributed by atoms with E-state index in [1.807, 2.05) is 18.2 Å². The molecule has 82 valence electrons. The van der Waals surface area contributed by atoms with Crippen LogP contribution in [0.2, 0.25) is 0 Å². The third kappa shape index (κ3) is 3.66. The van der Waals surface area contributed by atoms with Crippen LogP contribution in [0.5, 0.6) is 11.5 Å². The number of benzene rings is 1. The number of rotatable bonds is 2. The summed E-state index contributed by atoms with van der Waals surface area (Å²) in [4.78, 5) is 0. The van der Waals surface area contributed by atoms with E-state index in [2.05, 4.69) is 26.8 Å². The van der Waals surface area contributed by atoms with Crippen LogP contribution in [0.15, 0.2) is 24.3 Å². The summed E-state index contributed by atoms with van der Waals surface area (Å²) >= 11 is 0. The lowest BCUT2D eigenvalue weighted by molar-refractivity contribution is 0.373. The SMILES string of the molecule is COc1cc(/C=C/C(C)(C)C)ccc1O. The molecule has 0 spiro atoms. The van der Waals surface area contributed by atoms with Crippen molar-refractivity contribution in [2.75, 3.05) is 7.11 Å². The first kappa shape index (κ1) is 11.6. The van der Waals surface area contributed by atoms with Gasteiger partial charge in [0, 0.05) is 0 Å². The lowest BCUT2D eigenvalue weighted by Crippen LogP contribution is -1.97. The molecule has 0 aliphatic carbocycles. The average Bonchev–Trinajstić information content (AvgIpc) is 2.15. The fourth-order valence-electron chi connectivity index (χ4n) is 1.14. The Labute approximate surface area is 91.2 Å². The van der Waals surface area contributed by atoms with Crippen LogP contribution in [0.25, 0.3) is 6.08 Å². The van der Waals surface area contributed by atoms with Gasteiger partial charge in [0.1, 0.15) is 0 Å². The van der Waals surface area contributed by atoms with E-state index in [4.69, 9.17) is 4.74 Å². The Bertz CT molecular complexity index is 359. The minimum Gasteiger partial charge on any atom is -0.504 e. The highest BCUT2D eigenvalue weighted by Crippen LogP contribution is 2.27. The maximum Gasteiger partial charge on any atom is 0.161 e. The molecule has 15 heavy (non-hydrogen) atoms. The number of ether oxygens (including phenoxy) is 1. The molecule has 1 aromatic carbocycles. The van der Waals surface area contributed by atoms with Crippen molar-refractivity contribution >= 4 is 6.08 Å². The zero-order valence-electron chi connectivity index (χ0n) is 9.74. The lowest BCUT2D eigenvalue weighted by atomic mass is 9.95. The van der Waals surface area contributed by atoms with Crippen LogP contribution in [0.3, 0.4) is 0 Å². The van der Waals surface area contributed by atoms with Gasteiger partial charge in [-0.3, -0.25) is 0 Å². The smallest absolute Gasteiger partial charge is 0.161 e. The normalized spacial score (nSPS) is 12.0. The van der Waals surface area contributed by atoms with E-state index in [0.717, 1.165) is 5.56 Å². The number of phenols is 1. The lowest BCUT2D eigenvalue weighted by Gasteiger charge is -2.11. The molecule has 0 aromatic heterocycles. The summed E-state index contributed by atoms with van der Waals surface area (Å²) in [6, 6.07) is 5.32. The maximum absolute atomic E-state index is 9.41. The van der Waals surface area contributed by atoms with Crippen LogP contribution in [0.1, 0.15) is 26.3 Å². The molecule has 0 aliphatic heterocycles. The molecule has 0 fully saturated rings. The van der Waals surface area contributed by atoms with Gasteiger partial charge in [-0.05, 0) is 23.1 Å². The Morgan fingerprint density at radius 1 is 1.27 bits per heavy atom. The zero-order valence-corrected chi connectivity index (χ0v) is 9.74. The molecule has 1 aromatic rings. The Hall–Kier alpha value is -1.44. The fraction of sp³-hybridized carbons (Fsp3) is 0.385. The molecule has 0 saturated carbocycles. The van der Waals surface area contributed by atoms with Crippen molar-refractivity contribution in [1.82, 2.24) is 0 Å². The molecular weight excluding hydrogens is 188 g/mol. The maximum atomic E-state index is 9.41. The van der Waals surface area contributed by atoms with Crippen molar-refractivity contribution in [2.24, 2.45) is 5.41 Å². The number of phenolic OH excluding ortho intramolecular Hbond substituents is 1. The highest BCUT2D eigenvalue weighted by molar-refractivity contribution is 5.55. The first-order valence-corrected chi connectivity index (χ1v) is 4.98. The number of aromatic hydroxyl groups is 1. The monoisotopic (exact) mass is 206 g/mol. The van der Waals surface area contributed by atoms with Crippen molar-refractivity contribution in [3.63, 3.8) is 0 Å². The van der Waals surface area contributed by atoms with Crippen LogP contribution in [0.4, 0.5) is 0 Å². The molecule has 0 atom stereocenters. The van der Waals surface area contributed by atoms with Crippen molar-refractivity contribution in [3.8, 4) is 11.5 Å². The first-order valence-electron chi connectivity index (χ1n) is 4.98. The summed E-state index contributed by atoms with van der Waals surface area (Å²) < 4.78 is 5.03. The molecule has 0 unspecified atom stereocenters. The first-order chi connectivity index (χ1) is 6.92. The third-order valence-electron chi connectivity index (χ3n) is 1.98. The summed E-state index contributed by atoms with van der Waals surface area (Å²) in [6.45, 7) is 6.42. The Morgan fingerprint density at radius 2 is 1.93 bits per heavy atom. The minimum absolute atomic E-state index is 0.158. The van der Waals surface area contributed by atoms with E-state index >= 15 is 0 Å². The Morgan fingerprint density at radius 3 is 2.47 bits per heavy atom. The van der Waals surface area contributed by atoms with Crippen LogP contribution in [-0.2, 0) is 0 Å². The van der Waals surface area contributed by atoms with Gasteiger partial charge in [0.05, 0.1) is 7.11 Å². The Kier molecular flexibility index (Phi) is 3.40. The summed E-state index contributed by atoms with van der Waals surface area (Å²) in [6.07, 6.45) is 4.15. The van der Waals surface area contributed by atoms with Gasteiger partial charge in [0.25, 0.3) is 0 Å². The van der Waals surface area contributed by atoms with Gasteiger partial charge in [-0.25, -0.2) is 0 Å². The third-order valence-corrected chi connectivity index (χ3v) is 1.98. The predicted octanol–water partition coefficient (Wildman–Crippen LogP) is 3.46. The van der Waals surface area contributed by atoms with Crippen LogP contribution < -0.4 is 4.74 Å². The predicted molar refractivity (Wildman–Crippen MR) is 63.1 cm³/mol. The second kappa shape index (κ2) is 4.39. The number of allylic oxidation sites excluding steroid dienone is 1. The van der Waals surface area contributed by atoms with E-state index in [9.17, 15) is 5.11 Å². The number of hydrogen-bond donors (Lipinski definition) is 1. The fourth-order valence-corrected chi connectivity index (χ4v) is 1.14. The summed E-state index contributed by atoms with van der Waals surface area (Å²) in [7, 11) is 1.55. The van der Waals surface area contributed by atoms with E-state index in [1.165, 1.54) is 0 Å². The number of methoxy groups -OCH3 is 1. The minimum atomic E-state index is 0.158. The van der Waals surface area contributed by atoms with Gasteiger partial charge in [-0.15, -0.1) is 0 Å². The van der Waals surface area contributed by atoms with Gasteiger partial charge in [0.2, 0.25) is 0 Å². The summed E-state index contributed by atoms with van der Waals surface area (Å²) in [5, 5.41) is 9.41. The molecular formula is C13H18O2.